The fraction of sp³-hybridized carbons (Fsp3) is 0.467. The number of ether oxygens (including phenoxy) is 1. The third kappa shape index (κ3) is 5.15. The van der Waals surface area contributed by atoms with Gasteiger partial charge in [-0.1, -0.05) is 11.8 Å². The van der Waals surface area contributed by atoms with E-state index in [1.165, 1.54) is 0 Å². The van der Waals surface area contributed by atoms with Crippen molar-refractivity contribution in [1.29, 1.82) is 0 Å². The molecule has 0 radical (unpaired) electrons. The van der Waals surface area contributed by atoms with E-state index in [0.717, 1.165) is 0 Å². The maximum atomic E-state index is 12.7. The molecule has 1 aromatic carbocycles. The molecule has 2 rings (SSSR count). The minimum Gasteiger partial charge on any atom is -0.379 e. The van der Waals surface area contributed by atoms with Gasteiger partial charge in [0.2, 0.25) is 0 Å². The highest BCUT2D eigenvalue weighted by atomic mass is 19.4. The third-order valence-corrected chi connectivity index (χ3v) is 3.23. The molecule has 0 aliphatic carbocycles. The van der Waals surface area contributed by atoms with Gasteiger partial charge >= 0.3 is 12.4 Å². The predicted octanol–water partition coefficient (Wildman–Crippen LogP) is 3.41. The molecule has 0 atom stereocenters. The van der Waals surface area contributed by atoms with Crippen molar-refractivity contribution in [2.75, 3.05) is 32.8 Å². The maximum Gasteiger partial charge on any atom is 0.416 e. The molecule has 2 nitrogen and oxygen atoms in total. The van der Waals surface area contributed by atoms with Gasteiger partial charge in [0.1, 0.15) is 0 Å². The average molecular weight is 337 g/mol. The Morgan fingerprint density at radius 2 is 1.43 bits per heavy atom. The fourth-order valence-corrected chi connectivity index (χ4v) is 2.04. The van der Waals surface area contributed by atoms with E-state index in [-0.39, 0.29) is 18.2 Å². The van der Waals surface area contributed by atoms with Gasteiger partial charge in [-0.3, -0.25) is 4.90 Å². The van der Waals surface area contributed by atoms with Crippen LogP contribution in [0.5, 0.6) is 0 Å². The van der Waals surface area contributed by atoms with Crippen LogP contribution < -0.4 is 0 Å². The number of morpholine rings is 1. The summed E-state index contributed by atoms with van der Waals surface area (Å²) in [5, 5.41) is 0. The molecular weight excluding hydrogens is 324 g/mol. The summed E-state index contributed by atoms with van der Waals surface area (Å²) < 4.78 is 81.4. The second-order valence-corrected chi connectivity index (χ2v) is 4.98. The van der Waals surface area contributed by atoms with Crippen molar-refractivity contribution in [1.82, 2.24) is 4.90 Å². The molecule has 0 bridgehead atoms. The normalized spacial score (nSPS) is 16.8. The van der Waals surface area contributed by atoms with Crippen LogP contribution >= 0.6 is 0 Å². The summed E-state index contributed by atoms with van der Waals surface area (Å²) >= 11 is 0. The lowest BCUT2D eigenvalue weighted by Gasteiger charge is -2.24. The monoisotopic (exact) mass is 337 g/mol. The summed E-state index contributed by atoms with van der Waals surface area (Å²) in [5.74, 6) is 5.00. The Labute approximate surface area is 129 Å². The molecule has 126 valence electrons. The van der Waals surface area contributed by atoms with E-state index in [1.54, 1.807) is 0 Å². The zero-order chi connectivity index (χ0) is 17.1. The molecule has 0 saturated carbocycles. The molecular formula is C15H13F6NO. The van der Waals surface area contributed by atoms with Gasteiger partial charge in [0, 0.05) is 18.7 Å². The van der Waals surface area contributed by atoms with Crippen LogP contribution in [-0.4, -0.2) is 37.7 Å². The molecule has 1 aliphatic heterocycles. The molecule has 23 heavy (non-hydrogen) atoms. The second kappa shape index (κ2) is 6.81. The lowest BCUT2D eigenvalue weighted by Crippen LogP contribution is -2.36. The maximum absolute atomic E-state index is 12.7. The summed E-state index contributed by atoms with van der Waals surface area (Å²) in [5.41, 5.74) is -3.02. The number of rotatable bonds is 1. The Morgan fingerprint density at radius 3 is 1.91 bits per heavy atom. The van der Waals surface area contributed by atoms with Gasteiger partial charge in [0.15, 0.2) is 0 Å². The van der Waals surface area contributed by atoms with Crippen molar-refractivity contribution >= 4 is 0 Å². The summed E-state index contributed by atoms with van der Waals surface area (Å²) in [4.78, 5) is 1.91. The molecule has 1 saturated heterocycles. The van der Waals surface area contributed by atoms with Crippen LogP contribution in [0.1, 0.15) is 16.7 Å². The third-order valence-electron chi connectivity index (χ3n) is 3.23. The smallest absolute Gasteiger partial charge is 0.379 e. The highest BCUT2D eigenvalue weighted by Crippen LogP contribution is 2.36. The van der Waals surface area contributed by atoms with Crippen molar-refractivity contribution < 1.29 is 31.1 Å². The van der Waals surface area contributed by atoms with Gasteiger partial charge in [0.05, 0.1) is 30.9 Å². The second-order valence-electron chi connectivity index (χ2n) is 4.98. The zero-order valence-corrected chi connectivity index (χ0v) is 11.9. The molecule has 1 aliphatic rings. The SMILES string of the molecule is FC(F)(F)c1cc(C#CCN2CCOCC2)cc(C(F)(F)F)c1. The van der Waals surface area contributed by atoms with Crippen molar-refractivity contribution in [3.05, 3.63) is 34.9 Å². The van der Waals surface area contributed by atoms with E-state index in [0.29, 0.717) is 38.4 Å². The van der Waals surface area contributed by atoms with Gasteiger partial charge in [-0.25, -0.2) is 0 Å². The molecule has 0 N–H and O–H groups in total. The molecule has 1 heterocycles. The quantitative estimate of drug-likeness (QED) is 0.575. The predicted molar refractivity (Wildman–Crippen MR) is 70.6 cm³/mol. The summed E-state index contributed by atoms with van der Waals surface area (Å²) in [7, 11) is 0. The number of hydrogen-bond acceptors (Lipinski definition) is 2. The lowest BCUT2D eigenvalue weighted by atomic mass is 10.0. The van der Waals surface area contributed by atoms with Gasteiger partial charge in [-0.15, -0.1) is 0 Å². The van der Waals surface area contributed by atoms with Crippen LogP contribution in [0.4, 0.5) is 26.3 Å². The van der Waals surface area contributed by atoms with Crippen LogP contribution in [0, 0.1) is 11.8 Å². The highest BCUT2D eigenvalue weighted by molar-refractivity contribution is 5.42. The average Bonchev–Trinajstić information content (AvgIpc) is 2.46. The van der Waals surface area contributed by atoms with Crippen molar-refractivity contribution in [2.24, 2.45) is 0 Å². The first-order chi connectivity index (χ1) is 10.7. The first-order valence-corrected chi connectivity index (χ1v) is 6.75. The fourth-order valence-electron chi connectivity index (χ4n) is 2.04. The molecule has 0 amide bonds. The van der Waals surface area contributed by atoms with Gasteiger partial charge in [0.25, 0.3) is 0 Å². The van der Waals surface area contributed by atoms with E-state index >= 15 is 0 Å². The van der Waals surface area contributed by atoms with Crippen molar-refractivity contribution in [2.45, 2.75) is 12.4 Å². The highest BCUT2D eigenvalue weighted by Gasteiger charge is 2.36. The van der Waals surface area contributed by atoms with Crippen LogP contribution in [0.15, 0.2) is 18.2 Å². The van der Waals surface area contributed by atoms with Gasteiger partial charge in [-0.05, 0) is 18.2 Å². The standard InChI is InChI=1S/C15H13F6NO/c16-14(17,18)12-8-11(9-13(10-12)15(19,20)21)2-1-3-22-4-6-23-7-5-22/h8-10H,3-7H2. The van der Waals surface area contributed by atoms with Gasteiger partial charge < -0.3 is 4.74 Å². The van der Waals surface area contributed by atoms with Crippen LogP contribution in [-0.2, 0) is 17.1 Å². The Balaban J connectivity index is 2.23. The van der Waals surface area contributed by atoms with Crippen LogP contribution in [0.3, 0.4) is 0 Å². The molecule has 0 spiro atoms. The minimum atomic E-state index is -4.86. The number of nitrogens with zero attached hydrogens (tertiary/aromatic N) is 1. The van der Waals surface area contributed by atoms with E-state index < -0.39 is 23.5 Å². The van der Waals surface area contributed by atoms with E-state index in [9.17, 15) is 26.3 Å². The van der Waals surface area contributed by atoms with Crippen molar-refractivity contribution in [3.63, 3.8) is 0 Å². The molecule has 0 aromatic heterocycles. The first kappa shape index (κ1) is 17.6. The summed E-state index contributed by atoms with van der Waals surface area (Å²) in [6.07, 6.45) is -9.72. The zero-order valence-electron chi connectivity index (χ0n) is 11.9. The van der Waals surface area contributed by atoms with E-state index in [2.05, 4.69) is 11.8 Å². The Kier molecular flexibility index (Phi) is 5.22. The Bertz CT molecular complexity index is 573. The summed E-state index contributed by atoms with van der Waals surface area (Å²) in [6.45, 7) is 2.59. The van der Waals surface area contributed by atoms with Gasteiger partial charge in [-0.2, -0.15) is 26.3 Å². The number of hydrogen-bond donors (Lipinski definition) is 0. The molecule has 1 aromatic rings. The lowest BCUT2D eigenvalue weighted by molar-refractivity contribution is -0.143. The molecule has 8 heteroatoms. The number of alkyl halides is 6. The summed E-state index contributed by atoms with van der Waals surface area (Å²) in [6, 6.07) is 1.34. The van der Waals surface area contributed by atoms with Crippen LogP contribution in [0.2, 0.25) is 0 Å². The molecule has 1 fully saturated rings. The van der Waals surface area contributed by atoms with E-state index in [1.807, 2.05) is 4.90 Å². The van der Waals surface area contributed by atoms with Crippen LogP contribution in [0.25, 0.3) is 0 Å². The molecule has 0 unspecified atom stereocenters. The topological polar surface area (TPSA) is 12.5 Å². The van der Waals surface area contributed by atoms with E-state index in [4.69, 9.17) is 4.74 Å². The van der Waals surface area contributed by atoms with Crippen molar-refractivity contribution in [3.8, 4) is 11.8 Å². The minimum absolute atomic E-state index is 0.0904. The largest absolute Gasteiger partial charge is 0.416 e. The number of benzene rings is 1. The Hall–Kier alpha value is -1.72. The number of halogens is 6. The first-order valence-electron chi connectivity index (χ1n) is 6.75. The Morgan fingerprint density at radius 1 is 0.913 bits per heavy atom.